The van der Waals surface area contributed by atoms with Gasteiger partial charge in [0.25, 0.3) is 0 Å². The molecule has 2 aliphatic rings. The van der Waals surface area contributed by atoms with E-state index in [0.717, 1.165) is 24.1 Å². The van der Waals surface area contributed by atoms with Gasteiger partial charge in [0.2, 0.25) is 5.88 Å². The minimum Gasteiger partial charge on any atom is -0.474 e. The van der Waals surface area contributed by atoms with Gasteiger partial charge in [-0.2, -0.15) is 0 Å². The highest BCUT2D eigenvalue weighted by molar-refractivity contribution is 6.30. The van der Waals surface area contributed by atoms with E-state index < -0.39 is 0 Å². The lowest BCUT2D eigenvalue weighted by Crippen LogP contribution is -2.42. The molecule has 0 aliphatic carbocycles. The number of piperidine rings is 1. The van der Waals surface area contributed by atoms with Gasteiger partial charge in [-0.1, -0.05) is 41.9 Å². The average molecular weight is 315 g/mol. The summed E-state index contributed by atoms with van der Waals surface area (Å²) in [6.07, 6.45) is 4.90. The molecule has 1 aromatic heterocycles. The number of aromatic nitrogens is 1. The molecule has 3 nitrogen and oxygen atoms in total. The third-order valence-electron chi connectivity index (χ3n) is 4.55. The van der Waals surface area contributed by atoms with Gasteiger partial charge in [0, 0.05) is 28.7 Å². The van der Waals surface area contributed by atoms with Gasteiger partial charge in [0.05, 0.1) is 5.69 Å². The number of nitrogens with one attached hydrogen (secondary N) is 1. The summed E-state index contributed by atoms with van der Waals surface area (Å²) in [7, 11) is 0. The predicted octanol–water partition coefficient (Wildman–Crippen LogP) is 4.06. The lowest BCUT2D eigenvalue weighted by Gasteiger charge is -2.29. The zero-order valence-electron chi connectivity index (χ0n) is 12.3. The van der Waals surface area contributed by atoms with Crippen LogP contribution in [0.25, 0.3) is 11.3 Å². The van der Waals surface area contributed by atoms with Crippen molar-refractivity contribution in [3.63, 3.8) is 0 Å². The van der Waals surface area contributed by atoms with Crippen LogP contribution in [0.1, 0.15) is 25.7 Å². The number of rotatable bonds is 3. The summed E-state index contributed by atoms with van der Waals surface area (Å²) in [6, 6.07) is 15.0. The van der Waals surface area contributed by atoms with Crippen LogP contribution in [-0.4, -0.2) is 23.2 Å². The molecular weight excluding hydrogens is 296 g/mol. The molecule has 2 fully saturated rings. The fourth-order valence-corrected chi connectivity index (χ4v) is 3.76. The second-order valence-corrected chi connectivity index (χ2v) is 6.66. The van der Waals surface area contributed by atoms with Crippen LogP contribution < -0.4 is 10.1 Å². The Labute approximate surface area is 135 Å². The van der Waals surface area contributed by atoms with Crippen molar-refractivity contribution in [3.05, 3.63) is 47.5 Å². The summed E-state index contributed by atoms with van der Waals surface area (Å²) in [5, 5.41) is 4.30. The van der Waals surface area contributed by atoms with Crippen molar-refractivity contribution < 1.29 is 4.74 Å². The van der Waals surface area contributed by atoms with Crippen molar-refractivity contribution >= 4 is 11.6 Å². The van der Waals surface area contributed by atoms with Gasteiger partial charge in [-0.3, -0.25) is 0 Å². The molecule has 0 amide bonds. The SMILES string of the molecule is Clc1cc(O[C@@H]2C[C@H]3CC[C@@H](C2)N3)nc(-c2ccccc2)c1. The lowest BCUT2D eigenvalue weighted by molar-refractivity contribution is 0.132. The molecular formula is C18H19ClN2O. The van der Waals surface area contributed by atoms with E-state index in [2.05, 4.69) is 10.3 Å². The Morgan fingerprint density at radius 3 is 2.50 bits per heavy atom. The number of ether oxygens (including phenoxy) is 1. The number of nitrogens with zero attached hydrogens (tertiary/aromatic N) is 1. The van der Waals surface area contributed by atoms with Gasteiger partial charge in [-0.25, -0.2) is 4.98 Å². The third-order valence-corrected chi connectivity index (χ3v) is 4.77. The maximum atomic E-state index is 6.25. The van der Waals surface area contributed by atoms with Gasteiger partial charge < -0.3 is 10.1 Å². The van der Waals surface area contributed by atoms with Crippen molar-refractivity contribution in [2.24, 2.45) is 0 Å². The van der Waals surface area contributed by atoms with Crippen LogP contribution >= 0.6 is 11.6 Å². The van der Waals surface area contributed by atoms with E-state index >= 15 is 0 Å². The third kappa shape index (κ3) is 2.96. The maximum Gasteiger partial charge on any atom is 0.215 e. The molecule has 2 bridgehead atoms. The minimum absolute atomic E-state index is 0.244. The summed E-state index contributed by atoms with van der Waals surface area (Å²) < 4.78 is 6.14. The first-order valence-corrected chi connectivity index (χ1v) is 8.30. The molecule has 114 valence electrons. The number of halogens is 1. The smallest absolute Gasteiger partial charge is 0.215 e. The van der Waals surface area contributed by atoms with E-state index in [9.17, 15) is 0 Å². The Morgan fingerprint density at radius 1 is 1.05 bits per heavy atom. The van der Waals surface area contributed by atoms with Crippen LogP contribution in [0.4, 0.5) is 0 Å². The molecule has 0 radical (unpaired) electrons. The molecule has 3 atom stereocenters. The highest BCUT2D eigenvalue weighted by Crippen LogP contribution is 2.31. The van der Waals surface area contributed by atoms with Crippen LogP contribution in [0.2, 0.25) is 5.02 Å². The zero-order valence-corrected chi connectivity index (χ0v) is 13.1. The van der Waals surface area contributed by atoms with E-state index in [4.69, 9.17) is 16.3 Å². The Hall–Kier alpha value is -1.58. The van der Waals surface area contributed by atoms with Crippen LogP contribution in [0.5, 0.6) is 5.88 Å². The first-order chi connectivity index (χ1) is 10.8. The molecule has 3 heterocycles. The monoisotopic (exact) mass is 314 g/mol. The van der Waals surface area contributed by atoms with Crippen LogP contribution in [-0.2, 0) is 0 Å². The average Bonchev–Trinajstić information content (AvgIpc) is 2.86. The van der Waals surface area contributed by atoms with E-state index in [-0.39, 0.29) is 6.10 Å². The molecule has 2 saturated heterocycles. The van der Waals surface area contributed by atoms with Gasteiger partial charge in [-0.05, 0) is 31.7 Å². The molecule has 0 saturated carbocycles. The second-order valence-electron chi connectivity index (χ2n) is 6.22. The quantitative estimate of drug-likeness (QED) is 0.927. The van der Waals surface area contributed by atoms with Crippen LogP contribution in [0.3, 0.4) is 0 Å². The van der Waals surface area contributed by atoms with Crippen molar-refractivity contribution in [2.45, 2.75) is 43.9 Å². The Bertz CT molecular complexity index is 649. The van der Waals surface area contributed by atoms with Crippen molar-refractivity contribution in [2.75, 3.05) is 0 Å². The van der Waals surface area contributed by atoms with Gasteiger partial charge in [0.1, 0.15) is 6.10 Å². The molecule has 4 heteroatoms. The molecule has 22 heavy (non-hydrogen) atoms. The molecule has 1 N–H and O–H groups in total. The van der Waals surface area contributed by atoms with Crippen LogP contribution in [0.15, 0.2) is 42.5 Å². The number of hydrogen-bond acceptors (Lipinski definition) is 3. The maximum absolute atomic E-state index is 6.25. The number of pyridine rings is 1. The van der Waals surface area contributed by atoms with Crippen molar-refractivity contribution in [3.8, 4) is 17.1 Å². The normalized spacial score (nSPS) is 26.9. The Morgan fingerprint density at radius 2 is 1.77 bits per heavy atom. The van der Waals surface area contributed by atoms with E-state index in [1.165, 1.54) is 12.8 Å². The minimum atomic E-state index is 0.244. The number of hydrogen-bond donors (Lipinski definition) is 1. The summed E-state index contributed by atoms with van der Waals surface area (Å²) in [5.74, 6) is 0.637. The first kappa shape index (κ1) is 14.0. The molecule has 2 aliphatic heterocycles. The van der Waals surface area contributed by atoms with E-state index in [0.29, 0.717) is 23.0 Å². The standard InChI is InChI=1S/C18H19ClN2O/c19-13-8-17(12-4-2-1-3-5-12)21-18(9-13)22-16-10-14-6-7-15(11-16)20-14/h1-5,8-9,14-16,20H,6-7,10-11H2/t14-,15+,16-. The predicted molar refractivity (Wildman–Crippen MR) is 88.3 cm³/mol. The van der Waals surface area contributed by atoms with E-state index in [1.807, 2.05) is 42.5 Å². The van der Waals surface area contributed by atoms with Crippen LogP contribution in [0, 0.1) is 0 Å². The Balaban J connectivity index is 1.56. The fraction of sp³-hybridized carbons (Fsp3) is 0.389. The largest absolute Gasteiger partial charge is 0.474 e. The van der Waals surface area contributed by atoms with Crippen molar-refractivity contribution in [1.82, 2.24) is 10.3 Å². The summed E-state index contributed by atoms with van der Waals surface area (Å²) >= 11 is 6.25. The highest BCUT2D eigenvalue weighted by atomic mass is 35.5. The zero-order chi connectivity index (χ0) is 14.9. The topological polar surface area (TPSA) is 34.1 Å². The van der Waals surface area contributed by atoms with Crippen molar-refractivity contribution in [1.29, 1.82) is 0 Å². The van der Waals surface area contributed by atoms with E-state index in [1.54, 1.807) is 0 Å². The number of benzene rings is 1. The molecule has 2 aromatic rings. The second kappa shape index (κ2) is 5.90. The Kier molecular flexibility index (Phi) is 3.77. The molecule has 4 rings (SSSR count). The summed E-state index contributed by atoms with van der Waals surface area (Å²) in [6.45, 7) is 0. The molecule has 0 unspecified atom stereocenters. The highest BCUT2D eigenvalue weighted by Gasteiger charge is 2.34. The molecule has 0 spiro atoms. The first-order valence-electron chi connectivity index (χ1n) is 7.92. The summed E-state index contributed by atoms with van der Waals surface area (Å²) in [4.78, 5) is 4.64. The lowest BCUT2D eigenvalue weighted by atomic mass is 10.0. The fourth-order valence-electron chi connectivity index (χ4n) is 3.56. The van der Waals surface area contributed by atoms with Gasteiger partial charge >= 0.3 is 0 Å². The molecule has 1 aromatic carbocycles. The number of fused-ring (bicyclic) bond motifs is 2. The van der Waals surface area contributed by atoms with Gasteiger partial charge in [-0.15, -0.1) is 0 Å². The van der Waals surface area contributed by atoms with Gasteiger partial charge in [0.15, 0.2) is 0 Å². The summed E-state index contributed by atoms with van der Waals surface area (Å²) in [5.41, 5.74) is 1.92.